The Labute approximate surface area is 361 Å². The topological polar surface area (TPSA) is 179 Å². The first kappa shape index (κ1) is 40.3. The zero-order chi connectivity index (χ0) is 42.4. The molecule has 8 heterocycles. The third kappa shape index (κ3) is 8.83. The smallest absolute Gasteiger partial charge is 0.248 e. The molecule has 8 aromatic rings. The van der Waals surface area contributed by atoms with E-state index in [1.807, 2.05) is 126 Å². The number of piperazine rings is 2. The molecule has 4 N–H and O–H groups in total. The van der Waals surface area contributed by atoms with Crippen LogP contribution in [0.2, 0.25) is 0 Å². The standard InChI is InChI=1S/C23H22N6O2.C23H22N6OS/c2*1-15-4-2-5-16(12-15)27-23(30)19-13-24-9-10-29(19)22-21-18(25-14-26-22)8-7-17(28-21)20-6-3-11-31-20/h2*2-8,11-12,14,19,24H,9-10,13H2,1H3,(H,27,30). The molecule has 2 atom stereocenters. The summed E-state index contributed by atoms with van der Waals surface area (Å²) in [5.41, 5.74) is 8.19. The molecule has 62 heavy (non-hydrogen) atoms. The van der Waals surface area contributed by atoms with E-state index in [1.165, 1.54) is 6.33 Å². The number of fused-ring (bicyclic) bond motifs is 2. The van der Waals surface area contributed by atoms with E-state index >= 15 is 0 Å². The highest BCUT2D eigenvalue weighted by atomic mass is 32.1. The van der Waals surface area contributed by atoms with Crippen LogP contribution in [-0.2, 0) is 9.59 Å². The number of nitrogens with zero attached hydrogens (tertiary/aromatic N) is 8. The molecule has 0 radical (unpaired) electrons. The van der Waals surface area contributed by atoms with Gasteiger partial charge in [0, 0.05) is 50.6 Å². The Morgan fingerprint density at radius 3 is 1.74 bits per heavy atom. The number of pyridine rings is 2. The first-order valence-electron chi connectivity index (χ1n) is 20.4. The quantitative estimate of drug-likeness (QED) is 0.131. The number of anilines is 4. The van der Waals surface area contributed by atoms with Crippen molar-refractivity contribution in [2.45, 2.75) is 25.9 Å². The molecular formula is C46H44N12O3S. The second kappa shape index (κ2) is 18.2. The van der Waals surface area contributed by atoms with Crippen LogP contribution in [-0.4, -0.2) is 93.1 Å². The minimum absolute atomic E-state index is 0.0704. The van der Waals surface area contributed by atoms with Crippen molar-refractivity contribution >= 4 is 68.2 Å². The van der Waals surface area contributed by atoms with Gasteiger partial charge in [-0.25, -0.2) is 29.9 Å². The molecule has 2 aliphatic heterocycles. The number of aryl methyl sites for hydroxylation is 2. The molecule has 10 rings (SSSR count). The highest BCUT2D eigenvalue weighted by Crippen LogP contribution is 2.30. The van der Waals surface area contributed by atoms with Gasteiger partial charge >= 0.3 is 0 Å². The molecule has 0 saturated carbocycles. The van der Waals surface area contributed by atoms with E-state index in [0.717, 1.165) is 57.2 Å². The second-order valence-corrected chi connectivity index (χ2v) is 16.0. The Balaban J connectivity index is 0.000000158. The number of hydrogen-bond donors (Lipinski definition) is 4. The third-order valence-corrected chi connectivity index (χ3v) is 11.6. The van der Waals surface area contributed by atoms with E-state index in [-0.39, 0.29) is 11.8 Å². The van der Waals surface area contributed by atoms with Gasteiger partial charge in [-0.1, -0.05) is 30.3 Å². The van der Waals surface area contributed by atoms with E-state index in [4.69, 9.17) is 14.4 Å². The van der Waals surface area contributed by atoms with Crippen molar-refractivity contribution in [3.8, 4) is 22.0 Å². The number of furan rings is 1. The Morgan fingerprint density at radius 2 is 1.23 bits per heavy atom. The van der Waals surface area contributed by atoms with Gasteiger partial charge in [0.05, 0.1) is 27.9 Å². The molecule has 15 nitrogen and oxygen atoms in total. The minimum atomic E-state index is -0.429. The van der Waals surface area contributed by atoms with Crippen LogP contribution in [0.1, 0.15) is 11.1 Å². The molecule has 0 spiro atoms. The molecule has 0 bridgehead atoms. The second-order valence-electron chi connectivity index (χ2n) is 15.0. The van der Waals surface area contributed by atoms with E-state index in [0.29, 0.717) is 60.3 Å². The largest absolute Gasteiger partial charge is 0.463 e. The van der Waals surface area contributed by atoms with E-state index in [1.54, 1.807) is 23.9 Å². The molecule has 2 unspecified atom stereocenters. The predicted octanol–water partition coefficient (Wildman–Crippen LogP) is 6.49. The third-order valence-electron chi connectivity index (χ3n) is 10.7. The summed E-state index contributed by atoms with van der Waals surface area (Å²) in [4.78, 5) is 59.0. The number of hydrogen-bond acceptors (Lipinski definition) is 14. The minimum Gasteiger partial charge on any atom is -0.463 e. The summed E-state index contributed by atoms with van der Waals surface area (Å²) in [6.07, 6.45) is 4.68. The summed E-state index contributed by atoms with van der Waals surface area (Å²) in [5.74, 6) is 1.84. The first-order chi connectivity index (χ1) is 30.4. The maximum atomic E-state index is 13.2. The zero-order valence-electron chi connectivity index (χ0n) is 34.2. The molecule has 2 amide bonds. The fourth-order valence-corrected chi connectivity index (χ4v) is 8.37. The molecule has 2 aromatic carbocycles. The van der Waals surface area contributed by atoms with Crippen molar-refractivity contribution in [2.75, 3.05) is 59.7 Å². The summed E-state index contributed by atoms with van der Waals surface area (Å²) in [5, 5.41) is 14.8. The Morgan fingerprint density at radius 1 is 0.661 bits per heavy atom. The summed E-state index contributed by atoms with van der Waals surface area (Å²) < 4.78 is 5.50. The van der Waals surface area contributed by atoms with Gasteiger partial charge in [-0.3, -0.25) is 9.59 Å². The highest BCUT2D eigenvalue weighted by Gasteiger charge is 2.33. The van der Waals surface area contributed by atoms with E-state index < -0.39 is 12.1 Å². The lowest BCUT2D eigenvalue weighted by Gasteiger charge is -2.36. The summed E-state index contributed by atoms with van der Waals surface area (Å²) in [6.45, 7) is 7.86. The fourth-order valence-electron chi connectivity index (χ4n) is 7.68. The summed E-state index contributed by atoms with van der Waals surface area (Å²) in [6, 6.07) is 30.2. The lowest BCUT2D eigenvalue weighted by molar-refractivity contribution is -0.118. The van der Waals surface area contributed by atoms with Gasteiger partial charge in [0.15, 0.2) is 17.4 Å². The SMILES string of the molecule is Cc1cccc(NC(=O)C2CNCCN2c2ncnc3ccc(-c4ccco4)nc23)c1.Cc1cccc(NC(=O)C2CNCCN2c2ncnc3ccc(-c4cccs4)nc23)c1. The molecule has 16 heteroatoms. The van der Waals surface area contributed by atoms with Gasteiger partial charge in [-0.05, 0) is 97.1 Å². The van der Waals surface area contributed by atoms with Gasteiger partial charge in [-0.2, -0.15) is 0 Å². The molecular weight excluding hydrogens is 801 g/mol. The van der Waals surface area contributed by atoms with E-state index in [9.17, 15) is 9.59 Å². The van der Waals surface area contributed by atoms with Gasteiger partial charge in [0.1, 0.15) is 41.5 Å². The average Bonchev–Trinajstić information content (AvgIpc) is 4.05. The normalized spacial score (nSPS) is 16.4. The lowest BCUT2D eigenvalue weighted by atomic mass is 10.1. The van der Waals surface area contributed by atoms with Crippen LogP contribution in [0.4, 0.5) is 23.0 Å². The molecule has 2 fully saturated rings. The first-order valence-corrected chi connectivity index (χ1v) is 21.3. The predicted molar refractivity (Wildman–Crippen MR) is 243 cm³/mol. The lowest BCUT2D eigenvalue weighted by Crippen LogP contribution is -2.57. The molecule has 2 saturated heterocycles. The number of nitrogens with one attached hydrogen (secondary N) is 4. The number of benzene rings is 2. The van der Waals surface area contributed by atoms with Crippen LogP contribution in [0.3, 0.4) is 0 Å². The molecule has 2 aliphatic rings. The van der Waals surface area contributed by atoms with Crippen molar-refractivity contribution < 1.29 is 14.0 Å². The van der Waals surface area contributed by atoms with Crippen LogP contribution >= 0.6 is 11.3 Å². The van der Waals surface area contributed by atoms with E-state index in [2.05, 4.69) is 41.2 Å². The monoisotopic (exact) mass is 844 g/mol. The van der Waals surface area contributed by atoms with Crippen molar-refractivity contribution in [1.29, 1.82) is 0 Å². The van der Waals surface area contributed by atoms with Gasteiger partial charge in [0.2, 0.25) is 11.8 Å². The van der Waals surface area contributed by atoms with Crippen molar-refractivity contribution in [3.05, 3.63) is 132 Å². The van der Waals surface area contributed by atoms with Crippen molar-refractivity contribution in [3.63, 3.8) is 0 Å². The maximum absolute atomic E-state index is 13.2. The molecule has 6 aromatic heterocycles. The molecule has 312 valence electrons. The van der Waals surface area contributed by atoms with Gasteiger partial charge in [-0.15, -0.1) is 11.3 Å². The number of thiophene rings is 1. The van der Waals surface area contributed by atoms with Crippen LogP contribution in [0.25, 0.3) is 44.1 Å². The number of aromatic nitrogens is 6. The summed E-state index contributed by atoms with van der Waals surface area (Å²) >= 11 is 1.64. The highest BCUT2D eigenvalue weighted by molar-refractivity contribution is 7.13. The van der Waals surface area contributed by atoms with Gasteiger partial charge < -0.3 is 35.5 Å². The van der Waals surface area contributed by atoms with Crippen LogP contribution in [0, 0.1) is 13.8 Å². The van der Waals surface area contributed by atoms with Gasteiger partial charge in [0.25, 0.3) is 0 Å². The Hall–Kier alpha value is -7.14. The van der Waals surface area contributed by atoms with Crippen molar-refractivity contribution in [1.82, 2.24) is 40.5 Å². The number of amides is 2. The number of rotatable bonds is 8. The van der Waals surface area contributed by atoms with Crippen LogP contribution in [0.15, 0.2) is 126 Å². The van der Waals surface area contributed by atoms with Crippen molar-refractivity contribution in [2.24, 2.45) is 0 Å². The Bertz CT molecular complexity index is 2640. The number of carbonyl (C=O) groups is 2. The zero-order valence-corrected chi connectivity index (χ0v) is 35.0. The van der Waals surface area contributed by atoms with Crippen LogP contribution in [0.5, 0.6) is 0 Å². The average molecular weight is 845 g/mol. The fraction of sp³-hybridized carbons (Fsp3) is 0.217. The maximum Gasteiger partial charge on any atom is 0.248 e. The molecule has 0 aliphatic carbocycles. The summed E-state index contributed by atoms with van der Waals surface area (Å²) in [7, 11) is 0. The Kier molecular flexibility index (Phi) is 11.8. The van der Waals surface area contributed by atoms with Crippen LogP contribution < -0.4 is 31.1 Å². The number of carbonyl (C=O) groups excluding carboxylic acids is 2.